The lowest BCUT2D eigenvalue weighted by atomic mass is 9.86. The van der Waals surface area contributed by atoms with Crippen LogP contribution in [0.25, 0.3) is 21.8 Å². The molecule has 0 saturated heterocycles. The molecule has 6 nitrogen and oxygen atoms in total. The number of aromatic amines is 1. The van der Waals surface area contributed by atoms with Crippen LogP contribution in [0.5, 0.6) is 0 Å². The van der Waals surface area contributed by atoms with Crippen molar-refractivity contribution in [1.82, 2.24) is 20.5 Å². The van der Waals surface area contributed by atoms with Gasteiger partial charge in [-0.3, -0.25) is 14.9 Å². The number of nitrogens with one attached hydrogen (secondary N) is 2. The van der Waals surface area contributed by atoms with Gasteiger partial charge >= 0.3 is 0 Å². The number of halogens is 2. The molecule has 4 aromatic rings. The minimum atomic E-state index is -1.00. The molecule has 2 aliphatic rings. The van der Waals surface area contributed by atoms with E-state index in [2.05, 4.69) is 20.5 Å². The molecule has 0 radical (unpaired) electrons. The Balaban J connectivity index is 1.22. The fraction of sp³-hybridized carbons (Fsp3) is 0.261. The third-order valence-corrected chi connectivity index (χ3v) is 6.97. The van der Waals surface area contributed by atoms with E-state index >= 15 is 0 Å². The molecule has 4 atom stereocenters. The first kappa shape index (κ1) is 18.7. The number of rotatable bonds is 3. The van der Waals surface area contributed by atoms with E-state index in [0.717, 1.165) is 16.5 Å². The van der Waals surface area contributed by atoms with Crippen LogP contribution in [-0.2, 0) is 5.60 Å². The van der Waals surface area contributed by atoms with E-state index in [-0.39, 0.29) is 23.8 Å². The zero-order chi connectivity index (χ0) is 21.3. The highest BCUT2D eigenvalue weighted by atomic mass is 35.5. The Morgan fingerprint density at radius 1 is 1.19 bits per heavy atom. The van der Waals surface area contributed by atoms with Gasteiger partial charge in [0.25, 0.3) is 5.91 Å². The van der Waals surface area contributed by atoms with E-state index in [1.807, 2.05) is 0 Å². The number of H-pyrrole nitrogens is 1. The summed E-state index contributed by atoms with van der Waals surface area (Å²) in [4.78, 5) is 17.1. The van der Waals surface area contributed by atoms with Gasteiger partial charge in [-0.15, -0.1) is 0 Å². The summed E-state index contributed by atoms with van der Waals surface area (Å²) < 4.78 is 13.7. The van der Waals surface area contributed by atoms with E-state index in [9.17, 15) is 14.3 Å². The number of nitrogens with zero attached hydrogens (tertiary/aromatic N) is 2. The van der Waals surface area contributed by atoms with Gasteiger partial charge in [0.15, 0.2) is 0 Å². The summed E-state index contributed by atoms with van der Waals surface area (Å²) in [5.74, 6) is -0.296. The Bertz CT molecular complexity index is 1360. The second-order valence-corrected chi connectivity index (χ2v) is 9.01. The van der Waals surface area contributed by atoms with Crippen LogP contribution in [0, 0.1) is 17.7 Å². The first-order valence-electron chi connectivity index (χ1n) is 10.1. The predicted octanol–water partition coefficient (Wildman–Crippen LogP) is 3.93. The molecule has 0 unspecified atom stereocenters. The third kappa shape index (κ3) is 2.91. The number of hydrogen-bond acceptors (Lipinski definition) is 4. The van der Waals surface area contributed by atoms with Crippen molar-refractivity contribution in [3.63, 3.8) is 0 Å². The summed E-state index contributed by atoms with van der Waals surface area (Å²) in [5, 5.41) is 23.3. The number of fused-ring (bicyclic) bond motifs is 3. The Morgan fingerprint density at radius 2 is 2.00 bits per heavy atom. The average molecular weight is 437 g/mol. The first-order chi connectivity index (χ1) is 14.9. The summed E-state index contributed by atoms with van der Waals surface area (Å²) in [6, 6.07) is 9.41. The summed E-state index contributed by atoms with van der Waals surface area (Å²) in [5.41, 5.74) is 1.54. The zero-order valence-electron chi connectivity index (χ0n) is 16.3. The predicted molar refractivity (Wildman–Crippen MR) is 114 cm³/mol. The van der Waals surface area contributed by atoms with Crippen LogP contribution in [0.2, 0.25) is 5.02 Å². The van der Waals surface area contributed by atoms with E-state index in [4.69, 9.17) is 11.6 Å². The molecule has 2 aliphatic carbocycles. The van der Waals surface area contributed by atoms with E-state index in [0.29, 0.717) is 34.3 Å². The maximum atomic E-state index is 13.7. The van der Waals surface area contributed by atoms with Crippen LogP contribution in [0.15, 0.2) is 48.8 Å². The molecule has 2 aromatic carbocycles. The van der Waals surface area contributed by atoms with Crippen molar-refractivity contribution in [2.45, 2.75) is 24.5 Å². The Morgan fingerprint density at radius 3 is 2.81 bits per heavy atom. The van der Waals surface area contributed by atoms with Gasteiger partial charge in [-0.1, -0.05) is 11.6 Å². The number of carbonyl (C=O) groups excluding carboxylic acids is 1. The Hall–Kier alpha value is -3.03. The number of hydrogen-bond donors (Lipinski definition) is 3. The van der Waals surface area contributed by atoms with Gasteiger partial charge in [0.1, 0.15) is 5.82 Å². The maximum Gasteiger partial charge on any atom is 0.252 e. The summed E-state index contributed by atoms with van der Waals surface area (Å²) in [6.45, 7) is 0. The fourth-order valence-corrected chi connectivity index (χ4v) is 5.46. The number of carbonyl (C=O) groups is 1. The normalized spacial score (nSPS) is 26.9. The molecule has 8 heteroatoms. The van der Waals surface area contributed by atoms with Gasteiger partial charge in [-0.25, -0.2) is 4.39 Å². The molecule has 1 amide bonds. The second kappa shape index (κ2) is 6.48. The van der Waals surface area contributed by atoms with Crippen LogP contribution in [0.3, 0.4) is 0 Å². The molecular weight excluding hydrogens is 419 g/mol. The van der Waals surface area contributed by atoms with Gasteiger partial charge in [-0.2, -0.15) is 5.10 Å². The number of pyridine rings is 1. The molecule has 31 heavy (non-hydrogen) atoms. The minimum absolute atomic E-state index is 0.0106. The SMILES string of the molecule is O=C(N[C@H]1[C@@H]2C[C@](O)(c3cc(Cl)cc4[nH]ncc34)C[C@@H]21)c1ccnc2ccc(F)cc12. The quantitative estimate of drug-likeness (QED) is 0.454. The highest BCUT2D eigenvalue weighted by Crippen LogP contribution is 2.60. The van der Waals surface area contributed by atoms with Gasteiger partial charge in [0.05, 0.1) is 28.4 Å². The number of aliphatic hydroxyl groups is 1. The zero-order valence-corrected chi connectivity index (χ0v) is 17.0. The molecule has 2 aromatic heterocycles. The topological polar surface area (TPSA) is 90.9 Å². The number of aromatic nitrogens is 3. The van der Waals surface area contributed by atoms with Gasteiger partial charge < -0.3 is 10.4 Å². The van der Waals surface area contributed by atoms with Crippen LogP contribution in [0.4, 0.5) is 4.39 Å². The van der Waals surface area contributed by atoms with E-state index < -0.39 is 11.4 Å². The molecule has 2 saturated carbocycles. The molecule has 2 fully saturated rings. The highest BCUT2D eigenvalue weighted by molar-refractivity contribution is 6.31. The second-order valence-electron chi connectivity index (χ2n) is 8.57. The lowest BCUT2D eigenvalue weighted by molar-refractivity contribution is 0.0293. The molecule has 0 spiro atoms. The van der Waals surface area contributed by atoms with Crippen LogP contribution in [-0.4, -0.2) is 32.2 Å². The van der Waals surface area contributed by atoms with Crippen molar-refractivity contribution < 1.29 is 14.3 Å². The third-order valence-electron chi connectivity index (χ3n) is 6.75. The maximum absolute atomic E-state index is 13.7. The van der Waals surface area contributed by atoms with Crippen molar-refractivity contribution >= 4 is 39.3 Å². The van der Waals surface area contributed by atoms with Crippen molar-refractivity contribution in [2.24, 2.45) is 11.8 Å². The van der Waals surface area contributed by atoms with E-state index in [1.54, 1.807) is 36.7 Å². The highest BCUT2D eigenvalue weighted by Gasteiger charge is 2.62. The van der Waals surface area contributed by atoms with Crippen LogP contribution < -0.4 is 5.32 Å². The number of benzene rings is 2. The van der Waals surface area contributed by atoms with Gasteiger partial charge in [-0.05, 0) is 66.6 Å². The summed E-state index contributed by atoms with van der Waals surface area (Å²) in [6.07, 6.45) is 4.33. The van der Waals surface area contributed by atoms with Crippen molar-refractivity contribution in [1.29, 1.82) is 0 Å². The lowest BCUT2D eigenvalue weighted by Gasteiger charge is -2.27. The average Bonchev–Trinajstić information content (AvgIpc) is 3.10. The molecule has 2 heterocycles. The molecule has 3 N–H and O–H groups in total. The smallest absolute Gasteiger partial charge is 0.252 e. The van der Waals surface area contributed by atoms with Crippen molar-refractivity contribution in [3.05, 3.63) is 70.8 Å². The van der Waals surface area contributed by atoms with Crippen LogP contribution in [0.1, 0.15) is 28.8 Å². The molecule has 0 bridgehead atoms. The summed E-state index contributed by atoms with van der Waals surface area (Å²) in [7, 11) is 0. The molecule has 0 aliphatic heterocycles. The minimum Gasteiger partial charge on any atom is -0.385 e. The largest absolute Gasteiger partial charge is 0.385 e. The van der Waals surface area contributed by atoms with Crippen molar-refractivity contribution in [2.75, 3.05) is 0 Å². The molecule has 6 rings (SSSR count). The standard InChI is InChI=1S/C23H18ClFN4O2/c24-11-5-18(17-10-27-29-20(17)6-11)23(31)8-15-16(9-23)21(15)28-22(30)13-3-4-26-19-2-1-12(25)7-14(13)19/h1-7,10,15-16,21,31H,8-9H2,(H,27,29)(H,28,30)/t15-,16+,21+,23-. The fourth-order valence-electron chi connectivity index (χ4n) is 5.25. The van der Waals surface area contributed by atoms with Gasteiger partial charge in [0.2, 0.25) is 0 Å². The van der Waals surface area contributed by atoms with Crippen molar-refractivity contribution in [3.8, 4) is 0 Å². The summed E-state index contributed by atoms with van der Waals surface area (Å²) >= 11 is 6.25. The monoisotopic (exact) mass is 436 g/mol. The Kier molecular flexibility index (Phi) is 3.91. The van der Waals surface area contributed by atoms with Gasteiger partial charge in [0, 0.05) is 28.0 Å². The lowest BCUT2D eigenvalue weighted by Crippen LogP contribution is -2.33. The molecule has 156 valence electrons. The van der Waals surface area contributed by atoms with E-state index in [1.165, 1.54) is 12.1 Å². The first-order valence-corrected chi connectivity index (χ1v) is 10.5. The Labute approximate surface area is 181 Å². The molecular formula is C23H18ClFN4O2. The van der Waals surface area contributed by atoms with Crippen LogP contribution >= 0.6 is 11.6 Å². The number of amides is 1.